The largest absolute Gasteiger partial charge is 0.389 e. The molecule has 1 atom stereocenters. The van der Waals surface area contributed by atoms with E-state index in [0.29, 0.717) is 25.7 Å². The van der Waals surface area contributed by atoms with Gasteiger partial charge in [0.2, 0.25) is 0 Å². The van der Waals surface area contributed by atoms with Crippen LogP contribution in [0.1, 0.15) is 29.2 Å². The first-order valence-corrected chi connectivity index (χ1v) is 9.46. The van der Waals surface area contributed by atoms with E-state index < -0.39 is 6.10 Å². The van der Waals surface area contributed by atoms with Crippen LogP contribution in [-0.2, 0) is 17.9 Å². The lowest BCUT2D eigenvalue weighted by Gasteiger charge is -2.16. The number of nitrogens with one attached hydrogen (secondary N) is 2. The number of hydrogen-bond acceptors (Lipinski definition) is 3. The maximum Gasteiger partial charge on any atom is 0.191 e. The van der Waals surface area contributed by atoms with Crippen molar-refractivity contribution in [3.8, 4) is 0 Å². The van der Waals surface area contributed by atoms with Gasteiger partial charge in [-0.25, -0.2) is 4.99 Å². The molecule has 0 aromatic heterocycles. The maximum atomic E-state index is 10.1. The van der Waals surface area contributed by atoms with E-state index in [1.54, 1.807) is 0 Å². The van der Waals surface area contributed by atoms with Gasteiger partial charge in [-0.3, -0.25) is 0 Å². The molecule has 27 heavy (non-hydrogen) atoms. The van der Waals surface area contributed by atoms with Crippen LogP contribution < -0.4 is 10.6 Å². The molecular weight excluding hydrogens is 338 g/mol. The zero-order valence-electron chi connectivity index (χ0n) is 16.5. The first-order chi connectivity index (χ1) is 13.1. The van der Waals surface area contributed by atoms with Gasteiger partial charge in [-0.15, -0.1) is 0 Å². The van der Waals surface area contributed by atoms with E-state index in [1.165, 1.54) is 16.7 Å². The summed E-state index contributed by atoms with van der Waals surface area (Å²) in [6.07, 6.45) is -0.598. The fourth-order valence-corrected chi connectivity index (χ4v) is 2.69. The molecule has 0 heterocycles. The van der Waals surface area contributed by atoms with Crippen molar-refractivity contribution < 1.29 is 9.84 Å². The Labute approximate surface area is 162 Å². The number of aliphatic imine (C=N–C) groups is 1. The fraction of sp³-hybridized carbons (Fsp3) is 0.409. The lowest BCUT2D eigenvalue weighted by Crippen LogP contribution is -2.42. The van der Waals surface area contributed by atoms with Crippen LogP contribution in [0.15, 0.2) is 53.5 Å². The Bertz CT molecular complexity index is 717. The van der Waals surface area contributed by atoms with E-state index in [9.17, 15) is 5.11 Å². The molecule has 0 saturated carbocycles. The molecule has 5 heteroatoms. The third-order valence-corrected chi connectivity index (χ3v) is 4.18. The van der Waals surface area contributed by atoms with Crippen LogP contribution in [0.4, 0.5) is 0 Å². The molecule has 2 rings (SSSR count). The molecule has 0 aliphatic carbocycles. The van der Waals surface area contributed by atoms with E-state index in [4.69, 9.17) is 4.74 Å². The van der Waals surface area contributed by atoms with Crippen molar-refractivity contribution in [3.05, 3.63) is 70.8 Å². The van der Waals surface area contributed by atoms with Crippen LogP contribution in [0.3, 0.4) is 0 Å². The third-order valence-electron chi connectivity index (χ3n) is 4.18. The quantitative estimate of drug-likeness (QED) is 0.470. The van der Waals surface area contributed by atoms with E-state index in [1.807, 2.05) is 37.3 Å². The van der Waals surface area contributed by atoms with Crippen molar-refractivity contribution in [2.45, 2.75) is 40.0 Å². The molecule has 0 amide bonds. The second kappa shape index (κ2) is 11.4. The van der Waals surface area contributed by atoms with Gasteiger partial charge in [0.15, 0.2) is 5.96 Å². The molecule has 0 saturated heterocycles. The van der Waals surface area contributed by atoms with Gasteiger partial charge in [0.1, 0.15) is 0 Å². The SMILES string of the molecule is CCNC(=NCc1ccc(C)cc1C)NCC(O)COCc1ccccc1. The summed E-state index contributed by atoms with van der Waals surface area (Å²) in [6, 6.07) is 16.3. The molecule has 5 nitrogen and oxygen atoms in total. The first-order valence-electron chi connectivity index (χ1n) is 9.46. The minimum Gasteiger partial charge on any atom is -0.389 e. The van der Waals surface area contributed by atoms with Gasteiger partial charge in [-0.2, -0.15) is 0 Å². The topological polar surface area (TPSA) is 65.9 Å². The predicted octanol–water partition coefficient (Wildman–Crippen LogP) is 2.94. The Balaban J connectivity index is 1.78. The van der Waals surface area contributed by atoms with Crippen molar-refractivity contribution in [1.82, 2.24) is 10.6 Å². The summed E-state index contributed by atoms with van der Waals surface area (Å²) in [5.74, 6) is 0.694. The normalized spacial score (nSPS) is 12.7. The van der Waals surface area contributed by atoms with Crippen LogP contribution >= 0.6 is 0 Å². The highest BCUT2D eigenvalue weighted by Crippen LogP contribution is 2.11. The average molecular weight is 370 g/mol. The summed E-state index contributed by atoms with van der Waals surface area (Å²) in [5, 5.41) is 16.5. The number of ether oxygens (including phenoxy) is 1. The van der Waals surface area contributed by atoms with Gasteiger partial charge < -0.3 is 20.5 Å². The van der Waals surface area contributed by atoms with Gasteiger partial charge >= 0.3 is 0 Å². The highest BCUT2D eigenvalue weighted by molar-refractivity contribution is 5.79. The number of aliphatic hydroxyl groups is 1. The molecular formula is C22H31N3O2. The molecule has 1 unspecified atom stereocenters. The number of aliphatic hydroxyl groups excluding tert-OH is 1. The van der Waals surface area contributed by atoms with Crippen molar-refractivity contribution >= 4 is 5.96 Å². The molecule has 0 bridgehead atoms. The summed E-state index contributed by atoms with van der Waals surface area (Å²) < 4.78 is 5.58. The highest BCUT2D eigenvalue weighted by atomic mass is 16.5. The third kappa shape index (κ3) is 7.81. The maximum absolute atomic E-state index is 10.1. The van der Waals surface area contributed by atoms with Gasteiger partial charge in [0.25, 0.3) is 0 Å². The monoisotopic (exact) mass is 369 g/mol. The van der Waals surface area contributed by atoms with Crippen LogP contribution in [-0.4, -0.2) is 36.9 Å². The average Bonchev–Trinajstić information content (AvgIpc) is 2.66. The zero-order valence-corrected chi connectivity index (χ0v) is 16.5. The minimum atomic E-state index is -0.598. The molecule has 146 valence electrons. The Morgan fingerprint density at radius 3 is 2.59 bits per heavy atom. The summed E-state index contributed by atoms with van der Waals surface area (Å²) in [6.45, 7) is 8.73. The van der Waals surface area contributed by atoms with E-state index in [2.05, 4.69) is 47.7 Å². The Hall–Kier alpha value is -2.37. The molecule has 2 aromatic carbocycles. The van der Waals surface area contributed by atoms with Gasteiger partial charge in [0.05, 0.1) is 25.9 Å². The number of guanidine groups is 1. The van der Waals surface area contributed by atoms with Crippen LogP contribution in [0.25, 0.3) is 0 Å². The van der Waals surface area contributed by atoms with Crippen molar-refractivity contribution in [3.63, 3.8) is 0 Å². The molecule has 0 spiro atoms. The van der Waals surface area contributed by atoms with Crippen LogP contribution in [0.5, 0.6) is 0 Å². The van der Waals surface area contributed by atoms with E-state index >= 15 is 0 Å². The molecule has 0 fully saturated rings. The smallest absolute Gasteiger partial charge is 0.191 e. The van der Waals surface area contributed by atoms with Crippen LogP contribution in [0.2, 0.25) is 0 Å². The number of benzene rings is 2. The van der Waals surface area contributed by atoms with Crippen molar-refractivity contribution in [2.24, 2.45) is 4.99 Å². The summed E-state index contributed by atoms with van der Waals surface area (Å²) in [7, 11) is 0. The molecule has 0 radical (unpaired) electrons. The number of aryl methyl sites for hydroxylation is 2. The lowest BCUT2D eigenvalue weighted by molar-refractivity contribution is 0.0308. The Morgan fingerprint density at radius 1 is 1.11 bits per heavy atom. The second-order valence-corrected chi connectivity index (χ2v) is 6.66. The predicted molar refractivity (Wildman–Crippen MR) is 111 cm³/mol. The Kier molecular flexibility index (Phi) is 8.81. The van der Waals surface area contributed by atoms with Gasteiger partial charge in [-0.1, -0.05) is 54.1 Å². The molecule has 0 aliphatic rings. The standard InChI is InChI=1S/C22H31N3O2/c1-4-23-22(24-13-20-11-10-17(2)12-18(20)3)25-14-21(26)16-27-15-19-8-6-5-7-9-19/h5-12,21,26H,4,13-16H2,1-3H3,(H2,23,24,25). The van der Waals surface area contributed by atoms with E-state index in [-0.39, 0.29) is 6.61 Å². The van der Waals surface area contributed by atoms with Crippen molar-refractivity contribution in [1.29, 1.82) is 0 Å². The summed E-state index contributed by atoms with van der Waals surface area (Å²) >= 11 is 0. The number of nitrogens with zero attached hydrogens (tertiary/aromatic N) is 1. The molecule has 3 N–H and O–H groups in total. The molecule has 2 aromatic rings. The van der Waals surface area contributed by atoms with Crippen LogP contribution in [0, 0.1) is 13.8 Å². The van der Waals surface area contributed by atoms with Crippen molar-refractivity contribution in [2.75, 3.05) is 19.7 Å². The number of rotatable bonds is 9. The second-order valence-electron chi connectivity index (χ2n) is 6.66. The first kappa shape index (κ1) is 20.9. The Morgan fingerprint density at radius 2 is 1.89 bits per heavy atom. The summed E-state index contributed by atoms with van der Waals surface area (Å²) in [4.78, 5) is 4.62. The summed E-state index contributed by atoms with van der Waals surface area (Å²) in [5.41, 5.74) is 4.79. The highest BCUT2D eigenvalue weighted by Gasteiger charge is 2.07. The minimum absolute atomic E-state index is 0.276. The molecule has 0 aliphatic heterocycles. The van der Waals surface area contributed by atoms with Gasteiger partial charge in [0, 0.05) is 13.1 Å². The fourth-order valence-electron chi connectivity index (χ4n) is 2.69. The van der Waals surface area contributed by atoms with Gasteiger partial charge in [-0.05, 0) is 37.5 Å². The lowest BCUT2D eigenvalue weighted by atomic mass is 10.1. The zero-order chi connectivity index (χ0) is 19.5. The van der Waals surface area contributed by atoms with E-state index in [0.717, 1.165) is 12.1 Å². The number of hydrogen-bond donors (Lipinski definition) is 3.